The Balaban J connectivity index is 2.47. The predicted octanol–water partition coefficient (Wildman–Crippen LogP) is 2.04. The molecule has 0 fully saturated rings. The summed E-state index contributed by atoms with van der Waals surface area (Å²) in [6.45, 7) is 6.87. The Kier molecular flexibility index (Phi) is 3.73. The number of benzene rings is 1. The zero-order valence-electron chi connectivity index (χ0n) is 14.0. The molecule has 6 heteroatoms. The van der Waals surface area contributed by atoms with Gasteiger partial charge in [0.25, 0.3) is 0 Å². The summed E-state index contributed by atoms with van der Waals surface area (Å²) in [5, 5.41) is 9.74. The second kappa shape index (κ2) is 5.64. The Labute approximate surface area is 145 Å². The van der Waals surface area contributed by atoms with Crippen molar-refractivity contribution in [1.82, 2.24) is 0 Å². The number of carbonyl (C=O) groups excluding carboxylic acids is 2. The highest BCUT2D eigenvalue weighted by molar-refractivity contribution is 6.19. The van der Waals surface area contributed by atoms with Crippen LogP contribution in [0.4, 0.5) is 5.69 Å². The van der Waals surface area contributed by atoms with E-state index in [9.17, 15) is 14.9 Å². The Hall–Kier alpha value is -3.33. The van der Waals surface area contributed by atoms with Crippen molar-refractivity contribution in [3.8, 4) is 6.07 Å². The van der Waals surface area contributed by atoms with Gasteiger partial charge in [-0.05, 0) is 19.9 Å². The maximum absolute atomic E-state index is 13.5. The van der Waals surface area contributed by atoms with Crippen molar-refractivity contribution in [2.45, 2.75) is 19.3 Å². The average molecular weight is 335 g/mol. The fourth-order valence-corrected chi connectivity index (χ4v) is 3.74. The average Bonchev–Trinajstić information content (AvgIpc) is 2.79. The minimum Gasteiger partial charge on any atom is -0.445 e. The Morgan fingerprint density at radius 1 is 1.48 bits per heavy atom. The number of amides is 1. The summed E-state index contributed by atoms with van der Waals surface area (Å²) in [6, 6.07) is 9.07. The maximum atomic E-state index is 13.5. The number of ether oxygens (including phenoxy) is 1. The summed E-state index contributed by atoms with van der Waals surface area (Å²) >= 11 is 0. The van der Waals surface area contributed by atoms with E-state index in [1.807, 2.05) is 6.07 Å². The van der Waals surface area contributed by atoms with Crippen LogP contribution in [0.25, 0.3) is 0 Å². The lowest BCUT2D eigenvalue weighted by atomic mass is 9.67. The number of allylic oxidation sites excluding steroid dienone is 1. The molecule has 2 aliphatic heterocycles. The van der Waals surface area contributed by atoms with Gasteiger partial charge in [0.15, 0.2) is 5.78 Å². The number of nitrogens with zero attached hydrogens (tertiary/aromatic N) is 2. The number of nitrogens with two attached hydrogens (primary N) is 1. The molecule has 6 nitrogen and oxygen atoms in total. The number of ketones is 1. The number of hydrogen-bond donors (Lipinski definition) is 1. The van der Waals surface area contributed by atoms with Crippen LogP contribution in [0.1, 0.15) is 19.4 Å². The van der Waals surface area contributed by atoms with E-state index in [1.165, 1.54) is 11.8 Å². The molecule has 0 unspecified atom stereocenters. The third kappa shape index (κ3) is 1.96. The highest BCUT2D eigenvalue weighted by Gasteiger charge is 2.60. The quantitative estimate of drug-likeness (QED) is 0.853. The van der Waals surface area contributed by atoms with Gasteiger partial charge in [-0.15, -0.1) is 6.58 Å². The van der Waals surface area contributed by atoms with Crippen LogP contribution in [0.5, 0.6) is 0 Å². The van der Waals surface area contributed by atoms with E-state index in [-0.39, 0.29) is 35.1 Å². The molecule has 0 saturated carbocycles. The second-order valence-electron chi connectivity index (χ2n) is 5.91. The number of fused-ring (bicyclic) bond motifs is 2. The molecular formula is C19H17N3O3. The van der Waals surface area contributed by atoms with Crippen molar-refractivity contribution >= 4 is 17.4 Å². The normalized spacial score (nSPS) is 22.0. The topological polar surface area (TPSA) is 96.4 Å². The molecule has 25 heavy (non-hydrogen) atoms. The van der Waals surface area contributed by atoms with Crippen LogP contribution in [0, 0.1) is 11.3 Å². The number of rotatable bonds is 3. The standard InChI is InChI=1S/C19H17N3O3/c1-4-9-22-15-8-6-5-7-13(15)19(18(22)24)14(10-20)17(21)25-12(3)16(19)11(2)23/h4-8H,1,9,21H2,2-3H3/t19-/m0/s1. The molecule has 3 rings (SSSR count). The summed E-state index contributed by atoms with van der Waals surface area (Å²) in [4.78, 5) is 27.5. The van der Waals surface area contributed by atoms with E-state index >= 15 is 0 Å². The van der Waals surface area contributed by atoms with E-state index in [0.717, 1.165) is 0 Å². The molecule has 1 amide bonds. The molecule has 2 N–H and O–H groups in total. The molecule has 1 aromatic rings. The molecule has 1 atom stereocenters. The fourth-order valence-electron chi connectivity index (χ4n) is 3.74. The molecule has 0 bridgehead atoms. The minimum absolute atomic E-state index is 0.0627. The lowest BCUT2D eigenvalue weighted by Gasteiger charge is -2.34. The first-order valence-electron chi connectivity index (χ1n) is 7.74. The van der Waals surface area contributed by atoms with E-state index in [2.05, 4.69) is 6.58 Å². The van der Waals surface area contributed by atoms with Crippen LogP contribution in [0.2, 0.25) is 0 Å². The molecule has 1 aromatic carbocycles. The van der Waals surface area contributed by atoms with E-state index < -0.39 is 11.3 Å². The van der Waals surface area contributed by atoms with Gasteiger partial charge in [0.1, 0.15) is 22.8 Å². The van der Waals surface area contributed by atoms with E-state index in [0.29, 0.717) is 11.3 Å². The molecule has 0 saturated heterocycles. The highest BCUT2D eigenvalue weighted by Crippen LogP contribution is 2.53. The SMILES string of the molecule is C=CCN1C(=O)[C@]2(C(C#N)=C(N)OC(C)=C2C(C)=O)c2ccccc21. The van der Waals surface area contributed by atoms with Crippen LogP contribution >= 0.6 is 0 Å². The van der Waals surface area contributed by atoms with Crippen LogP contribution < -0.4 is 10.6 Å². The zero-order chi connectivity index (χ0) is 18.4. The first-order valence-corrected chi connectivity index (χ1v) is 7.74. The first-order chi connectivity index (χ1) is 11.9. The molecule has 126 valence electrons. The van der Waals surface area contributed by atoms with Crippen LogP contribution in [-0.4, -0.2) is 18.2 Å². The van der Waals surface area contributed by atoms with Gasteiger partial charge in [0.05, 0.1) is 5.57 Å². The molecule has 2 aliphatic rings. The van der Waals surface area contributed by atoms with Gasteiger partial charge in [0, 0.05) is 17.8 Å². The fraction of sp³-hybridized carbons (Fsp3) is 0.211. The van der Waals surface area contributed by atoms with Gasteiger partial charge in [-0.2, -0.15) is 5.26 Å². The Bertz CT molecular complexity index is 920. The largest absolute Gasteiger partial charge is 0.445 e. The van der Waals surface area contributed by atoms with Crippen molar-refractivity contribution in [2.24, 2.45) is 5.73 Å². The van der Waals surface area contributed by atoms with Gasteiger partial charge in [-0.1, -0.05) is 24.3 Å². The summed E-state index contributed by atoms with van der Waals surface area (Å²) in [7, 11) is 0. The number of Topliss-reactive ketones (excluding diaryl/α,β-unsaturated/α-hetero) is 1. The number of para-hydroxylation sites is 1. The molecule has 0 aromatic heterocycles. The van der Waals surface area contributed by atoms with E-state index in [1.54, 1.807) is 37.3 Å². The monoisotopic (exact) mass is 335 g/mol. The van der Waals surface area contributed by atoms with Gasteiger partial charge < -0.3 is 15.4 Å². The molecule has 2 heterocycles. The number of nitriles is 1. The Morgan fingerprint density at radius 2 is 2.16 bits per heavy atom. The van der Waals surface area contributed by atoms with Gasteiger partial charge in [-0.25, -0.2) is 0 Å². The molecular weight excluding hydrogens is 318 g/mol. The predicted molar refractivity (Wildman–Crippen MR) is 92.0 cm³/mol. The zero-order valence-corrected chi connectivity index (χ0v) is 14.0. The van der Waals surface area contributed by atoms with Crippen molar-refractivity contribution in [2.75, 3.05) is 11.4 Å². The Morgan fingerprint density at radius 3 is 2.76 bits per heavy atom. The van der Waals surface area contributed by atoms with Crippen LogP contribution in [0.15, 0.2) is 59.7 Å². The minimum atomic E-state index is -1.58. The summed E-state index contributed by atoms with van der Waals surface area (Å²) in [5.41, 5.74) is 5.61. The van der Waals surface area contributed by atoms with Crippen LogP contribution in [0.3, 0.4) is 0 Å². The summed E-state index contributed by atoms with van der Waals surface area (Å²) in [6.07, 6.45) is 1.59. The lowest BCUT2D eigenvalue weighted by Crippen LogP contribution is -2.48. The molecule has 0 aliphatic carbocycles. The van der Waals surface area contributed by atoms with Crippen molar-refractivity contribution in [3.63, 3.8) is 0 Å². The second-order valence-corrected chi connectivity index (χ2v) is 5.91. The summed E-state index contributed by atoms with van der Waals surface area (Å²) < 4.78 is 5.41. The van der Waals surface area contributed by atoms with Crippen molar-refractivity contribution in [1.29, 1.82) is 5.26 Å². The van der Waals surface area contributed by atoms with Crippen molar-refractivity contribution in [3.05, 3.63) is 65.3 Å². The van der Waals surface area contributed by atoms with Crippen LogP contribution in [-0.2, 0) is 19.7 Å². The lowest BCUT2D eigenvalue weighted by molar-refractivity contribution is -0.123. The highest BCUT2D eigenvalue weighted by atomic mass is 16.5. The van der Waals surface area contributed by atoms with Gasteiger partial charge >= 0.3 is 0 Å². The van der Waals surface area contributed by atoms with E-state index in [4.69, 9.17) is 10.5 Å². The molecule has 1 spiro atoms. The number of carbonyl (C=O) groups is 2. The third-order valence-electron chi connectivity index (χ3n) is 4.55. The number of hydrogen-bond acceptors (Lipinski definition) is 5. The summed E-state index contributed by atoms with van der Waals surface area (Å²) in [5.74, 6) is -0.677. The van der Waals surface area contributed by atoms with Gasteiger partial charge in [0.2, 0.25) is 11.8 Å². The maximum Gasteiger partial charge on any atom is 0.248 e. The van der Waals surface area contributed by atoms with Gasteiger partial charge in [-0.3, -0.25) is 9.59 Å². The third-order valence-corrected chi connectivity index (χ3v) is 4.55. The first kappa shape index (κ1) is 16.5. The smallest absolute Gasteiger partial charge is 0.248 e. The number of anilines is 1. The van der Waals surface area contributed by atoms with Crippen molar-refractivity contribution < 1.29 is 14.3 Å². The molecule has 0 radical (unpaired) electrons.